The largest absolute Gasteiger partial charge is 0.387 e. The first kappa shape index (κ1) is 12.4. The summed E-state index contributed by atoms with van der Waals surface area (Å²) in [5.74, 6) is -0.134. The van der Waals surface area contributed by atoms with Crippen LogP contribution in [0.25, 0.3) is 0 Å². The van der Waals surface area contributed by atoms with Gasteiger partial charge in [0.1, 0.15) is 5.82 Å². The van der Waals surface area contributed by atoms with Crippen molar-refractivity contribution in [3.05, 3.63) is 34.6 Å². The van der Waals surface area contributed by atoms with Crippen molar-refractivity contribution in [1.29, 1.82) is 5.41 Å². The summed E-state index contributed by atoms with van der Waals surface area (Å²) in [7, 11) is 0. The molecule has 0 aromatic heterocycles. The molecule has 0 aliphatic carbocycles. The van der Waals surface area contributed by atoms with E-state index in [0.29, 0.717) is 24.1 Å². The third-order valence-corrected chi connectivity index (χ3v) is 2.36. The lowest BCUT2D eigenvalue weighted by Gasteiger charge is -2.06. The first-order valence-corrected chi connectivity index (χ1v) is 5.08. The molecule has 4 heteroatoms. The Morgan fingerprint density at radius 1 is 1.44 bits per heavy atom. The number of aliphatic imine (C=N–C) groups is 1. The van der Waals surface area contributed by atoms with Gasteiger partial charge in [0.15, 0.2) is 0 Å². The Morgan fingerprint density at radius 2 is 2.06 bits per heavy atom. The topological polar surface area (TPSA) is 62.2 Å². The van der Waals surface area contributed by atoms with E-state index in [-0.39, 0.29) is 11.7 Å². The molecule has 3 nitrogen and oxygen atoms in total. The molecule has 0 aliphatic rings. The van der Waals surface area contributed by atoms with Crippen LogP contribution < -0.4 is 5.73 Å². The zero-order chi connectivity index (χ0) is 12.1. The maximum atomic E-state index is 13.7. The number of nitrogens with two attached hydrogens (primary N) is 1. The molecule has 0 heterocycles. The maximum Gasteiger partial charge on any atom is 0.131 e. The van der Waals surface area contributed by atoms with E-state index in [2.05, 4.69) is 4.99 Å². The SMILES string of the molecule is Cc1ccc(C)c(CN=CCC(=N)N)c1F. The third-order valence-electron chi connectivity index (χ3n) is 2.36. The lowest BCUT2D eigenvalue weighted by Crippen LogP contribution is -2.09. The number of aryl methyl sites for hydroxylation is 2. The summed E-state index contributed by atoms with van der Waals surface area (Å²) < 4.78 is 13.7. The van der Waals surface area contributed by atoms with Gasteiger partial charge in [-0.3, -0.25) is 10.4 Å². The molecule has 86 valence electrons. The second kappa shape index (κ2) is 5.39. The van der Waals surface area contributed by atoms with Gasteiger partial charge in [-0.25, -0.2) is 4.39 Å². The van der Waals surface area contributed by atoms with Gasteiger partial charge in [0.2, 0.25) is 0 Å². The van der Waals surface area contributed by atoms with Crippen molar-refractivity contribution in [3.63, 3.8) is 0 Å². The summed E-state index contributed by atoms with van der Waals surface area (Å²) >= 11 is 0. The number of amidine groups is 1. The van der Waals surface area contributed by atoms with Crippen molar-refractivity contribution >= 4 is 12.1 Å². The van der Waals surface area contributed by atoms with E-state index in [1.165, 1.54) is 0 Å². The van der Waals surface area contributed by atoms with Gasteiger partial charge in [0, 0.05) is 18.2 Å². The lowest BCUT2D eigenvalue weighted by molar-refractivity contribution is 0.600. The first-order chi connectivity index (χ1) is 7.52. The van der Waals surface area contributed by atoms with Crippen LogP contribution in [-0.4, -0.2) is 12.1 Å². The van der Waals surface area contributed by atoms with Gasteiger partial charge >= 0.3 is 0 Å². The number of nitrogens with zero attached hydrogens (tertiary/aromatic N) is 1. The highest BCUT2D eigenvalue weighted by atomic mass is 19.1. The van der Waals surface area contributed by atoms with Crippen molar-refractivity contribution in [2.75, 3.05) is 0 Å². The Kier molecular flexibility index (Phi) is 4.17. The zero-order valence-corrected chi connectivity index (χ0v) is 9.55. The van der Waals surface area contributed by atoms with E-state index >= 15 is 0 Å². The van der Waals surface area contributed by atoms with Crippen LogP contribution in [0, 0.1) is 25.1 Å². The van der Waals surface area contributed by atoms with E-state index in [1.54, 1.807) is 19.2 Å². The predicted octanol–water partition coefficient (Wildman–Crippen LogP) is 2.34. The summed E-state index contributed by atoms with van der Waals surface area (Å²) in [6.07, 6.45) is 1.86. The monoisotopic (exact) mass is 221 g/mol. The van der Waals surface area contributed by atoms with Crippen LogP contribution in [0.5, 0.6) is 0 Å². The summed E-state index contributed by atoms with van der Waals surface area (Å²) in [6.45, 7) is 3.89. The smallest absolute Gasteiger partial charge is 0.131 e. The predicted molar refractivity (Wildman–Crippen MR) is 64.6 cm³/mol. The summed E-state index contributed by atoms with van der Waals surface area (Å²) in [4.78, 5) is 4.06. The molecule has 0 unspecified atom stereocenters. The van der Waals surface area contributed by atoms with Crippen molar-refractivity contribution in [3.8, 4) is 0 Å². The second-order valence-electron chi connectivity index (χ2n) is 3.74. The van der Waals surface area contributed by atoms with Gasteiger partial charge in [0.25, 0.3) is 0 Å². The minimum Gasteiger partial charge on any atom is -0.387 e. The molecule has 0 aliphatic heterocycles. The fourth-order valence-corrected chi connectivity index (χ4v) is 1.35. The summed E-state index contributed by atoms with van der Waals surface area (Å²) in [5.41, 5.74) is 7.30. The van der Waals surface area contributed by atoms with E-state index in [1.807, 2.05) is 13.0 Å². The van der Waals surface area contributed by atoms with Gasteiger partial charge in [-0.15, -0.1) is 0 Å². The van der Waals surface area contributed by atoms with E-state index in [4.69, 9.17) is 11.1 Å². The molecule has 1 rings (SSSR count). The normalized spacial score (nSPS) is 10.9. The van der Waals surface area contributed by atoms with Crippen LogP contribution in [0.4, 0.5) is 4.39 Å². The van der Waals surface area contributed by atoms with Crippen LogP contribution in [0.15, 0.2) is 17.1 Å². The molecule has 0 fully saturated rings. The molecule has 0 bridgehead atoms. The Hall–Kier alpha value is -1.71. The minimum absolute atomic E-state index is 0.0604. The molecule has 0 atom stereocenters. The number of nitrogens with one attached hydrogen (secondary N) is 1. The number of benzene rings is 1. The second-order valence-corrected chi connectivity index (χ2v) is 3.74. The molecule has 0 radical (unpaired) electrons. The average molecular weight is 221 g/mol. The fourth-order valence-electron chi connectivity index (χ4n) is 1.35. The van der Waals surface area contributed by atoms with Crippen LogP contribution in [-0.2, 0) is 6.54 Å². The van der Waals surface area contributed by atoms with Gasteiger partial charge in [-0.2, -0.15) is 0 Å². The quantitative estimate of drug-likeness (QED) is 0.595. The number of halogens is 1. The van der Waals surface area contributed by atoms with Gasteiger partial charge < -0.3 is 5.73 Å². The Bertz CT molecular complexity index is 425. The van der Waals surface area contributed by atoms with Crippen LogP contribution in [0.3, 0.4) is 0 Å². The summed E-state index contributed by atoms with van der Waals surface area (Å²) in [5, 5.41) is 7.01. The van der Waals surface area contributed by atoms with Gasteiger partial charge in [-0.1, -0.05) is 12.1 Å². The van der Waals surface area contributed by atoms with E-state index < -0.39 is 0 Å². The van der Waals surface area contributed by atoms with Crippen molar-refractivity contribution in [1.82, 2.24) is 0 Å². The highest BCUT2D eigenvalue weighted by Gasteiger charge is 2.07. The van der Waals surface area contributed by atoms with E-state index in [0.717, 1.165) is 5.56 Å². The Labute approximate surface area is 94.7 Å². The third kappa shape index (κ3) is 3.15. The molecular formula is C12H16FN3. The fraction of sp³-hybridized carbons (Fsp3) is 0.333. The molecule has 3 N–H and O–H groups in total. The molecule has 0 saturated carbocycles. The summed E-state index contributed by atoms with van der Waals surface area (Å²) in [6, 6.07) is 3.64. The standard InChI is InChI=1S/C12H16FN3/c1-8-3-4-9(2)12(13)10(8)7-16-6-5-11(14)15/h3-4,6H,5,7H2,1-2H3,(H3,14,15). The Balaban J connectivity index is 2.77. The van der Waals surface area contributed by atoms with Crippen molar-refractivity contribution < 1.29 is 4.39 Å². The van der Waals surface area contributed by atoms with Crippen LogP contribution in [0.1, 0.15) is 23.1 Å². The van der Waals surface area contributed by atoms with Crippen molar-refractivity contribution in [2.24, 2.45) is 10.7 Å². The number of hydrogen-bond acceptors (Lipinski definition) is 2. The molecule has 0 spiro atoms. The minimum atomic E-state index is -0.194. The van der Waals surface area contributed by atoms with Gasteiger partial charge in [-0.05, 0) is 25.0 Å². The molecule has 1 aromatic carbocycles. The molecular weight excluding hydrogens is 205 g/mol. The zero-order valence-electron chi connectivity index (χ0n) is 9.55. The highest BCUT2D eigenvalue weighted by molar-refractivity contribution is 5.90. The number of hydrogen-bond donors (Lipinski definition) is 2. The van der Waals surface area contributed by atoms with Gasteiger partial charge in [0.05, 0.1) is 12.4 Å². The van der Waals surface area contributed by atoms with Crippen molar-refractivity contribution in [2.45, 2.75) is 26.8 Å². The van der Waals surface area contributed by atoms with Crippen LogP contribution in [0.2, 0.25) is 0 Å². The first-order valence-electron chi connectivity index (χ1n) is 5.08. The Morgan fingerprint density at radius 3 is 2.69 bits per heavy atom. The maximum absolute atomic E-state index is 13.7. The molecule has 0 saturated heterocycles. The molecule has 0 amide bonds. The number of rotatable bonds is 4. The van der Waals surface area contributed by atoms with E-state index in [9.17, 15) is 4.39 Å². The lowest BCUT2D eigenvalue weighted by atomic mass is 10.0. The highest BCUT2D eigenvalue weighted by Crippen LogP contribution is 2.17. The average Bonchev–Trinajstić information content (AvgIpc) is 2.22. The molecule has 1 aromatic rings. The van der Waals surface area contributed by atoms with Crippen LogP contribution >= 0.6 is 0 Å². The molecule has 16 heavy (non-hydrogen) atoms.